The van der Waals surface area contributed by atoms with Gasteiger partial charge in [-0.1, -0.05) is 86.9 Å². The molecule has 0 unspecified atom stereocenters. The van der Waals surface area contributed by atoms with Crippen molar-refractivity contribution in [1.29, 1.82) is 0 Å². The third kappa shape index (κ3) is 5.04. The van der Waals surface area contributed by atoms with Gasteiger partial charge in [-0.3, -0.25) is 0 Å². The number of unbranched alkanes of at least 4 members (excludes halogenated alkanes) is 4. The zero-order chi connectivity index (χ0) is 23.1. The van der Waals surface area contributed by atoms with Crippen molar-refractivity contribution in [2.45, 2.75) is 43.9 Å². The summed E-state index contributed by atoms with van der Waals surface area (Å²) in [7, 11) is -3.84. The normalized spacial score (nSPS) is 12.2. The number of H-pyrrole nitrogens is 1. The first-order chi connectivity index (χ1) is 16.1. The molecule has 0 radical (unpaired) electrons. The van der Waals surface area contributed by atoms with E-state index >= 15 is 0 Å². The molecule has 0 saturated heterocycles. The quantitative estimate of drug-likeness (QED) is 0.252. The van der Waals surface area contributed by atoms with Crippen molar-refractivity contribution in [2.75, 3.05) is 4.31 Å². The number of nitrogens with zero attached hydrogens (tertiary/aromatic N) is 1. The second-order valence-corrected chi connectivity index (χ2v) is 9.89. The van der Waals surface area contributed by atoms with Crippen molar-refractivity contribution in [3.8, 4) is 0 Å². The third-order valence-electron chi connectivity index (χ3n) is 5.75. The highest BCUT2D eigenvalue weighted by Crippen LogP contribution is 2.36. The molecule has 0 spiro atoms. The molecule has 33 heavy (non-hydrogen) atoms. The van der Waals surface area contributed by atoms with Crippen molar-refractivity contribution in [3.63, 3.8) is 0 Å². The number of allylic oxidation sites excluding steroid dienone is 1. The SMILES string of the molecule is CCCCCC/C=C(/c1c[nH]c2ccccc12)N(c1ccccc1)S(=O)(=O)c1ccccc1. The minimum atomic E-state index is -3.84. The Labute approximate surface area is 196 Å². The van der Waals surface area contributed by atoms with Crippen molar-refractivity contribution < 1.29 is 8.42 Å². The number of benzene rings is 3. The standard InChI is InChI=1S/C28H30N2O2S/c1-2-3-4-5-12-21-28(26-22-29-27-20-14-13-19-25(26)27)30(23-15-8-6-9-16-23)33(31,32)24-17-10-7-11-18-24/h6-11,13-22,29H,2-5,12H2,1H3/b28-21-. The van der Waals surface area contributed by atoms with E-state index in [1.54, 1.807) is 24.3 Å². The van der Waals surface area contributed by atoms with E-state index in [0.717, 1.165) is 42.1 Å². The van der Waals surface area contributed by atoms with Crippen LogP contribution in [0.25, 0.3) is 16.6 Å². The smallest absolute Gasteiger partial charge is 0.268 e. The fraction of sp³-hybridized carbons (Fsp3) is 0.214. The van der Waals surface area contributed by atoms with Gasteiger partial charge in [-0.2, -0.15) is 0 Å². The molecule has 3 aromatic carbocycles. The van der Waals surface area contributed by atoms with Crippen LogP contribution in [-0.2, 0) is 10.0 Å². The van der Waals surface area contributed by atoms with E-state index in [1.807, 2.05) is 66.9 Å². The summed E-state index contributed by atoms with van der Waals surface area (Å²) in [5, 5.41) is 1.00. The van der Waals surface area contributed by atoms with Gasteiger partial charge in [0, 0.05) is 22.7 Å². The molecule has 0 fully saturated rings. The van der Waals surface area contributed by atoms with Crippen molar-refractivity contribution in [2.24, 2.45) is 0 Å². The van der Waals surface area contributed by atoms with Crippen molar-refractivity contribution in [1.82, 2.24) is 4.98 Å². The van der Waals surface area contributed by atoms with E-state index in [4.69, 9.17) is 0 Å². The zero-order valence-corrected chi connectivity index (χ0v) is 19.8. The van der Waals surface area contributed by atoms with Gasteiger partial charge in [0.1, 0.15) is 0 Å². The topological polar surface area (TPSA) is 53.2 Å². The van der Waals surface area contributed by atoms with E-state index in [1.165, 1.54) is 10.7 Å². The summed E-state index contributed by atoms with van der Waals surface area (Å²) < 4.78 is 29.5. The predicted molar refractivity (Wildman–Crippen MR) is 138 cm³/mol. The van der Waals surface area contributed by atoms with Gasteiger partial charge in [-0.15, -0.1) is 0 Å². The molecule has 1 heterocycles. The lowest BCUT2D eigenvalue weighted by Gasteiger charge is -2.27. The van der Waals surface area contributed by atoms with E-state index in [9.17, 15) is 8.42 Å². The van der Waals surface area contributed by atoms with Gasteiger partial charge in [-0.25, -0.2) is 12.7 Å². The molecule has 0 aliphatic carbocycles. The van der Waals surface area contributed by atoms with Gasteiger partial charge >= 0.3 is 0 Å². The predicted octanol–water partition coefficient (Wildman–Crippen LogP) is 7.37. The Bertz CT molecular complexity index is 1310. The Morgan fingerprint density at radius 2 is 1.52 bits per heavy atom. The first-order valence-electron chi connectivity index (χ1n) is 11.5. The van der Waals surface area contributed by atoms with Gasteiger partial charge in [0.05, 0.1) is 16.3 Å². The van der Waals surface area contributed by atoms with E-state index in [-0.39, 0.29) is 4.90 Å². The van der Waals surface area contributed by atoms with Crippen molar-refractivity contribution >= 4 is 32.3 Å². The molecule has 0 atom stereocenters. The summed E-state index contributed by atoms with van der Waals surface area (Å²) in [5.74, 6) is 0. The van der Waals surface area contributed by atoms with Crippen LogP contribution in [0.2, 0.25) is 0 Å². The van der Waals surface area contributed by atoms with Gasteiger partial charge in [-0.05, 0) is 43.2 Å². The Morgan fingerprint density at radius 1 is 0.848 bits per heavy atom. The molecule has 0 aliphatic heterocycles. The fourth-order valence-corrected chi connectivity index (χ4v) is 5.61. The van der Waals surface area contributed by atoms with E-state index in [0.29, 0.717) is 11.4 Å². The number of aromatic amines is 1. The Hall–Kier alpha value is -3.31. The summed E-state index contributed by atoms with van der Waals surface area (Å²) in [6.45, 7) is 2.19. The average Bonchev–Trinajstić information content (AvgIpc) is 3.28. The maximum Gasteiger partial charge on any atom is 0.268 e. The molecule has 170 valence electrons. The van der Waals surface area contributed by atoms with Gasteiger partial charge in [0.2, 0.25) is 0 Å². The number of aromatic nitrogens is 1. The number of anilines is 1. The maximum atomic E-state index is 14.0. The van der Waals surface area contributed by atoms with Gasteiger partial charge in [0.25, 0.3) is 10.0 Å². The summed E-state index contributed by atoms with van der Waals surface area (Å²) in [5.41, 5.74) is 3.16. The molecule has 0 saturated carbocycles. The maximum absolute atomic E-state index is 14.0. The monoisotopic (exact) mass is 458 g/mol. The second-order valence-electron chi connectivity index (χ2n) is 8.10. The second kappa shape index (κ2) is 10.5. The van der Waals surface area contributed by atoms with Crippen LogP contribution in [0.4, 0.5) is 5.69 Å². The van der Waals surface area contributed by atoms with Crippen LogP contribution >= 0.6 is 0 Å². The number of nitrogens with one attached hydrogen (secondary N) is 1. The summed E-state index contributed by atoms with van der Waals surface area (Å²) in [6.07, 6.45) is 9.30. The first-order valence-corrected chi connectivity index (χ1v) is 13.0. The molecule has 0 bridgehead atoms. The average molecular weight is 459 g/mol. The highest BCUT2D eigenvalue weighted by atomic mass is 32.2. The molecule has 0 aliphatic rings. The Kier molecular flexibility index (Phi) is 7.30. The zero-order valence-electron chi connectivity index (χ0n) is 18.9. The molecule has 4 aromatic rings. The number of para-hydroxylation sites is 2. The van der Waals surface area contributed by atoms with Crippen LogP contribution in [0.3, 0.4) is 0 Å². The van der Waals surface area contributed by atoms with Crippen LogP contribution in [-0.4, -0.2) is 13.4 Å². The molecule has 4 rings (SSSR count). The lowest BCUT2D eigenvalue weighted by molar-refractivity contribution is 0.596. The van der Waals surface area contributed by atoms with Crippen LogP contribution in [0.15, 0.2) is 102 Å². The minimum Gasteiger partial charge on any atom is -0.360 e. The van der Waals surface area contributed by atoms with Gasteiger partial charge in [0.15, 0.2) is 0 Å². The number of hydrogen-bond acceptors (Lipinski definition) is 2. The number of rotatable bonds is 10. The lowest BCUT2D eigenvalue weighted by atomic mass is 10.1. The molecule has 0 amide bonds. The minimum absolute atomic E-state index is 0.269. The molecule has 4 nitrogen and oxygen atoms in total. The number of hydrogen-bond donors (Lipinski definition) is 1. The van der Waals surface area contributed by atoms with Gasteiger partial charge < -0.3 is 4.98 Å². The largest absolute Gasteiger partial charge is 0.360 e. The summed E-state index contributed by atoms with van der Waals surface area (Å²) in [6, 6.07) is 26.0. The van der Waals surface area contributed by atoms with Crippen LogP contribution < -0.4 is 4.31 Å². The molecule has 5 heteroatoms. The first kappa shape index (κ1) is 22.9. The van der Waals surface area contributed by atoms with Crippen molar-refractivity contribution in [3.05, 3.63) is 103 Å². The third-order valence-corrected chi connectivity index (χ3v) is 7.51. The van der Waals surface area contributed by atoms with Crippen LogP contribution in [0.5, 0.6) is 0 Å². The van der Waals surface area contributed by atoms with Crippen LogP contribution in [0.1, 0.15) is 44.6 Å². The number of sulfonamides is 1. The molecule has 1 N–H and O–H groups in total. The molecular weight excluding hydrogens is 428 g/mol. The Morgan fingerprint density at radius 3 is 2.24 bits per heavy atom. The summed E-state index contributed by atoms with van der Waals surface area (Å²) >= 11 is 0. The number of fused-ring (bicyclic) bond motifs is 1. The van der Waals surface area contributed by atoms with E-state index in [2.05, 4.69) is 18.0 Å². The fourth-order valence-electron chi connectivity index (χ4n) is 4.06. The Balaban J connectivity index is 1.89. The highest BCUT2D eigenvalue weighted by Gasteiger charge is 2.30. The summed E-state index contributed by atoms with van der Waals surface area (Å²) in [4.78, 5) is 3.58. The van der Waals surface area contributed by atoms with Crippen LogP contribution in [0, 0.1) is 0 Å². The van der Waals surface area contributed by atoms with E-state index < -0.39 is 10.0 Å². The highest BCUT2D eigenvalue weighted by molar-refractivity contribution is 7.93. The lowest BCUT2D eigenvalue weighted by Crippen LogP contribution is -2.29. The molecular formula is C28H30N2O2S. The molecule has 1 aromatic heterocycles.